The summed E-state index contributed by atoms with van der Waals surface area (Å²) in [4.78, 5) is 14.7. The summed E-state index contributed by atoms with van der Waals surface area (Å²) in [6, 6.07) is 9.73. The number of aromatic nitrogens is 3. The maximum atomic E-state index is 10.6. The molecule has 88 valence electrons. The minimum absolute atomic E-state index is 0.306. The van der Waals surface area contributed by atoms with Crippen molar-refractivity contribution in [1.82, 2.24) is 14.8 Å². The molecule has 1 heterocycles. The fraction of sp³-hybridized carbons (Fsp3) is 0.182. The topological polar surface area (TPSA) is 73.8 Å². The molecule has 1 amide bonds. The van der Waals surface area contributed by atoms with Crippen molar-refractivity contribution in [1.29, 1.82) is 0 Å². The molecule has 0 aliphatic carbocycles. The molecule has 0 saturated heterocycles. The predicted octanol–water partition coefficient (Wildman–Crippen LogP) is 1.23. The van der Waals surface area contributed by atoms with E-state index in [1.165, 1.54) is 11.8 Å². The van der Waals surface area contributed by atoms with Gasteiger partial charge in [0.15, 0.2) is 0 Å². The predicted molar refractivity (Wildman–Crippen MR) is 65.9 cm³/mol. The highest BCUT2D eigenvalue weighted by molar-refractivity contribution is 7.99. The lowest BCUT2D eigenvalue weighted by Crippen LogP contribution is -2.10. The van der Waals surface area contributed by atoms with Gasteiger partial charge in [-0.3, -0.25) is 4.79 Å². The van der Waals surface area contributed by atoms with Crippen LogP contribution in [0.3, 0.4) is 0 Å². The molecule has 5 nitrogen and oxygen atoms in total. The number of para-hydroxylation sites is 1. The van der Waals surface area contributed by atoms with E-state index in [-0.39, 0.29) is 5.91 Å². The molecule has 0 radical (unpaired) electrons. The van der Waals surface area contributed by atoms with E-state index in [1.54, 1.807) is 11.0 Å². The largest absolute Gasteiger partial charge is 0.370 e. The Morgan fingerprint density at radius 1 is 1.35 bits per heavy atom. The lowest BCUT2D eigenvalue weighted by atomic mass is 10.3. The van der Waals surface area contributed by atoms with E-state index in [0.717, 1.165) is 5.69 Å². The van der Waals surface area contributed by atoms with Crippen molar-refractivity contribution < 1.29 is 4.79 Å². The highest BCUT2D eigenvalue weighted by Gasteiger charge is 2.03. The van der Waals surface area contributed by atoms with Gasteiger partial charge in [-0.15, -0.1) is 5.10 Å². The molecule has 2 N–H and O–H groups in total. The molecule has 2 rings (SSSR count). The highest BCUT2D eigenvalue weighted by atomic mass is 32.2. The van der Waals surface area contributed by atoms with Crippen LogP contribution in [0.15, 0.2) is 41.8 Å². The van der Waals surface area contributed by atoms with E-state index in [2.05, 4.69) is 10.1 Å². The van der Waals surface area contributed by atoms with Crippen LogP contribution < -0.4 is 5.73 Å². The van der Waals surface area contributed by atoms with Crippen LogP contribution in [0.2, 0.25) is 0 Å². The quantitative estimate of drug-likeness (QED) is 0.808. The molecule has 0 unspecified atom stereocenters. The zero-order valence-electron chi connectivity index (χ0n) is 9.11. The van der Waals surface area contributed by atoms with Crippen LogP contribution in [0.5, 0.6) is 0 Å². The monoisotopic (exact) mass is 248 g/mol. The Balaban J connectivity index is 1.99. The number of hydrogen-bond acceptors (Lipinski definition) is 4. The second-order valence-corrected chi connectivity index (χ2v) is 4.43. The Morgan fingerprint density at radius 2 is 2.12 bits per heavy atom. The Morgan fingerprint density at radius 3 is 2.82 bits per heavy atom. The second kappa shape index (κ2) is 5.49. The molecule has 0 saturated carbocycles. The molecule has 0 atom stereocenters. The zero-order chi connectivity index (χ0) is 12.1. The average Bonchev–Trinajstić information content (AvgIpc) is 2.78. The van der Waals surface area contributed by atoms with Gasteiger partial charge >= 0.3 is 0 Å². The fourth-order valence-corrected chi connectivity index (χ4v) is 2.02. The van der Waals surface area contributed by atoms with Crippen LogP contribution in [0.4, 0.5) is 0 Å². The number of carbonyl (C=O) groups is 1. The number of thioether (sulfide) groups is 1. The minimum atomic E-state index is -0.306. The van der Waals surface area contributed by atoms with Crippen LogP contribution in [0.25, 0.3) is 5.69 Å². The summed E-state index contributed by atoms with van der Waals surface area (Å²) in [7, 11) is 0. The van der Waals surface area contributed by atoms with Crippen molar-refractivity contribution >= 4 is 17.7 Å². The van der Waals surface area contributed by atoms with Gasteiger partial charge in [-0.05, 0) is 12.1 Å². The molecule has 0 bridgehead atoms. The van der Waals surface area contributed by atoms with E-state index >= 15 is 0 Å². The van der Waals surface area contributed by atoms with Crippen molar-refractivity contribution in [3.8, 4) is 5.69 Å². The van der Waals surface area contributed by atoms with Gasteiger partial charge < -0.3 is 5.73 Å². The number of rotatable bonds is 5. The first kappa shape index (κ1) is 11.7. The van der Waals surface area contributed by atoms with Gasteiger partial charge in [-0.2, -0.15) is 0 Å². The standard InChI is InChI=1S/C11H12N4OS/c12-10(16)6-7-17-11-13-8-15(14-11)9-4-2-1-3-5-9/h1-5,8H,6-7H2,(H2,12,16). The summed E-state index contributed by atoms with van der Waals surface area (Å²) >= 11 is 1.42. The van der Waals surface area contributed by atoms with E-state index < -0.39 is 0 Å². The second-order valence-electron chi connectivity index (χ2n) is 3.37. The van der Waals surface area contributed by atoms with Crippen LogP contribution >= 0.6 is 11.8 Å². The molecule has 2 aromatic rings. The average molecular weight is 248 g/mol. The van der Waals surface area contributed by atoms with Gasteiger partial charge in [0.25, 0.3) is 0 Å². The first-order valence-corrected chi connectivity index (χ1v) is 6.12. The molecule has 0 spiro atoms. The Kier molecular flexibility index (Phi) is 3.77. The van der Waals surface area contributed by atoms with Crippen molar-refractivity contribution in [2.75, 3.05) is 5.75 Å². The molecule has 17 heavy (non-hydrogen) atoms. The number of hydrogen-bond donors (Lipinski definition) is 1. The Bertz CT molecular complexity index is 497. The fourth-order valence-electron chi connectivity index (χ4n) is 1.26. The maximum absolute atomic E-state index is 10.6. The van der Waals surface area contributed by atoms with Gasteiger partial charge in [0.2, 0.25) is 11.1 Å². The third-order valence-corrected chi connectivity index (χ3v) is 2.92. The van der Waals surface area contributed by atoms with E-state index in [4.69, 9.17) is 5.73 Å². The van der Waals surface area contributed by atoms with Crippen molar-refractivity contribution in [3.63, 3.8) is 0 Å². The first-order chi connectivity index (χ1) is 8.25. The molecule has 1 aromatic carbocycles. The smallest absolute Gasteiger partial charge is 0.218 e. The number of benzene rings is 1. The number of carbonyl (C=O) groups excluding carboxylic acids is 1. The summed E-state index contributed by atoms with van der Waals surface area (Å²) < 4.78 is 1.70. The summed E-state index contributed by atoms with van der Waals surface area (Å²) in [6.07, 6.45) is 1.99. The number of amides is 1. The van der Waals surface area contributed by atoms with E-state index in [1.807, 2.05) is 30.3 Å². The molecule has 0 fully saturated rings. The minimum Gasteiger partial charge on any atom is -0.370 e. The summed E-state index contributed by atoms with van der Waals surface area (Å²) in [5.41, 5.74) is 6.01. The maximum Gasteiger partial charge on any atom is 0.218 e. The van der Waals surface area contributed by atoms with Crippen LogP contribution in [0, 0.1) is 0 Å². The van der Waals surface area contributed by atoms with Crippen LogP contribution in [-0.2, 0) is 4.79 Å². The highest BCUT2D eigenvalue weighted by Crippen LogP contribution is 2.14. The summed E-state index contributed by atoms with van der Waals surface area (Å²) in [6.45, 7) is 0. The lowest BCUT2D eigenvalue weighted by Gasteiger charge is -1.97. The van der Waals surface area contributed by atoms with Crippen molar-refractivity contribution in [2.24, 2.45) is 5.73 Å². The zero-order valence-corrected chi connectivity index (χ0v) is 9.93. The van der Waals surface area contributed by atoms with Gasteiger partial charge in [0.1, 0.15) is 6.33 Å². The van der Waals surface area contributed by atoms with Gasteiger partial charge in [0, 0.05) is 12.2 Å². The lowest BCUT2D eigenvalue weighted by molar-refractivity contribution is -0.117. The van der Waals surface area contributed by atoms with E-state index in [0.29, 0.717) is 17.3 Å². The third-order valence-electron chi connectivity index (χ3n) is 2.07. The number of nitrogens with two attached hydrogens (primary N) is 1. The van der Waals surface area contributed by atoms with Gasteiger partial charge in [0.05, 0.1) is 5.69 Å². The van der Waals surface area contributed by atoms with E-state index in [9.17, 15) is 4.79 Å². The Labute approximate surface area is 103 Å². The van der Waals surface area contributed by atoms with Gasteiger partial charge in [-0.25, -0.2) is 9.67 Å². The van der Waals surface area contributed by atoms with Gasteiger partial charge in [-0.1, -0.05) is 30.0 Å². The van der Waals surface area contributed by atoms with Crippen molar-refractivity contribution in [3.05, 3.63) is 36.7 Å². The SMILES string of the molecule is NC(=O)CCSc1ncn(-c2ccccc2)n1. The number of primary amides is 1. The molecule has 1 aromatic heterocycles. The van der Waals surface area contributed by atoms with Crippen molar-refractivity contribution in [2.45, 2.75) is 11.6 Å². The summed E-state index contributed by atoms with van der Waals surface area (Å²) in [5, 5.41) is 4.94. The normalized spacial score (nSPS) is 10.4. The van der Waals surface area contributed by atoms with Crippen LogP contribution in [0.1, 0.15) is 6.42 Å². The Hall–Kier alpha value is -1.82. The molecule has 6 heteroatoms. The molecular formula is C11H12N4OS. The number of nitrogens with zero attached hydrogens (tertiary/aromatic N) is 3. The first-order valence-electron chi connectivity index (χ1n) is 5.14. The molecule has 0 aliphatic heterocycles. The summed E-state index contributed by atoms with van der Waals surface area (Å²) in [5.74, 6) is 0.300. The van der Waals surface area contributed by atoms with Crippen LogP contribution in [-0.4, -0.2) is 26.4 Å². The molecular weight excluding hydrogens is 236 g/mol. The third kappa shape index (κ3) is 3.32. The molecule has 0 aliphatic rings.